The number of halogens is 1. The monoisotopic (exact) mass is 198 g/mol. The zero-order valence-corrected chi connectivity index (χ0v) is 6.98. The van der Waals surface area contributed by atoms with Gasteiger partial charge in [0.15, 0.2) is 0 Å². The van der Waals surface area contributed by atoms with Gasteiger partial charge in [0.25, 0.3) is 0 Å². The van der Waals surface area contributed by atoms with Crippen LogP contribution >= 0.6 is 15.9 Å². The zero-order chi connectivity index (χ0) is 6.97. The van der Waals surface area contributed by atoms with Gasteiger partial charge in [-0.05, 0) is 28.8 Å². The van der Waals surface area contributed by atoms with E-state index in [0.29, 0.717) is 0 Å². The second-order valence-corrected chi connectivity index (χ2v) is 3.17. The van der Waals surface area contributed by atoms with Crippen LogP contribution in [0.15, 0.2) is 12.4 Å². The number of hydrogen-bond acceptors (Lipinski definition) is 1. The molecule has 52 valence electrons. The molecule has 2 rings (SSSR count). The molecular formula is C7H7BrN2. The summed E-state index contributed by atoms with van der Waals surface area (Å²) in [7, 11) is 0. The Morgan fingerprint density at radius 2 is 2.50 bits per heavy atom. The first-order chi connectivity index (χ1) is 4.88. The fourth-order valence-corrected chi connectivity index (χ4v) is 1.73. The maximum atomic E-state index is 4.17. The molecule has 0 aromatic carbocycles. The summed E-state index contributed by atoms with van der Waals surface area (Å²) in [4.78, 5) is 7.27. The molecule has 0 saturated heterocycles. The summed E-state index contributed by atoms with van der Waals surface area (Å²) in [6.07, 6.45) is 6.09. The average Bonchev–Trinajstić information content (AvgIpc) is 2.36. The molecule has 0 aliphatic heterocycles. The number of aryl methyl sites for hydroxylation is 1. The van der Waals surface area contributed by atoms with Gasteiger partial charge >= 0.3 is 0 Å². The molecule has 10 heavy (non-hydrogen) atoms. The van der Waals surface area contributed by atoms with Crippen LogP contribution in [0.2, 0.25) is 0 Å². The number of allylic oxidation sites excluding steroid dienone is 1. The standard InChI is InChI=1S/C7H7BrN2/c8-5-2-1-3-6-7(5)10-4-9-6/h2,4H,1,3H2,(H,9,10). The van der Waals surface area contributed by atoms with Gasteiger partial charge in [0, 0.05) is 10.2 Å². The van der Waals surface area contributed by atoms with Crippen molar-refractivity contribution in [1.82, 2.24) is 9.97 Å². The Kier molecular flexibility index (Phi) is 1.38. The Balaban J connectivity index is 2.55. The normalized spacial score (nSPS) is 16.3. The van der Waals surface area contributed by atoms with Crippen LogP contribution in [0.4, 0.5) is 0 Å². The first-order valence-electron chi connectivity index (χ1n) is 3.26. The third kappa shape index (κ3) is 0.814. The largest absolute Gasteiger partial charge is 0.348 e. The molecule has 1 aliphatic rings. The van der Waals surface area contributed by atoms with Crippen LogP contribution in [0.1, 0.15) is 17.8 Å². The van der Waals surface area contributed by atoms with Crippen molar-refractivity contribution < 1.29 is 0 Å². The number of hydrogen-bond donors (Lipinski definition) is 1. The molecule has 1 N–H and O–H groups in total. The Bertz CT molecular complexity index is 275. The van der Waals surface area contributed by atoms with Crippen LogP contribution in [0.5, 0.6) is 0 Å². The van der Waals surface area contributed by atoms with Crippen molar-refractivity contribution in [3.05, 3.63) is 23.8 Å². The van der Waals surface area contributed by atoms with E-state index in [9.17, 15) is 0 Å². The number of H-pyrrole nitrogens is 1. The summed E-state index contributed by atoms with van der Waals surface area (Å²) < 4.78 is 1.12. The highest BCUT2D eigenvalue weighted by Crippen LogP contribution is 2.27. The molecule has 3 heteroatoms. The number of rotatable bonds is 0. The van der Waals surface area contributed by atoms with Gasteiger partial charge in [0.1, 0.15) is 0 Å². The lowest BCUT2D eigenvalue weighted by molar-refractivity contribution is 0.942. The van der Waals surface area contributed by atoms with E-state index in [0.717, 1.165) is 23.0 Å². The van der Waals surface area contributed by atoms with E-state index in [1.54, 1.807) is 6.33 Å². The topological polar surface area (TPSA) is 28.7 Å². The van der Waals surface area contributed by atoms with Crippen molar-refractivity contribution in [2.75, 3.05) is 0 Å². The number of nitrogens with zero attached hydrogens (tertiary/aromatic N) is 1. The van der Waals surface area contributed by atoms with Gasteiger partial charge in [-0.15, -0.1) is 0 Å². The average molecular weight is 199 g/mol. The van der Waals surface area contributed by atoms with Crippen LogP contribution in [0.25, 0.3) is 4.48 Å². The van der Waals surface area contributed by atoms with Crippen molar-refractivity contribution in [3.63, 3.8) is 0 Å². The minimum absolute atomic E-state index is 1.08. The number of aromatic nitrogens is 2. The van der Waals surface area contributed by atoms with Gasteiger partial charge in [0.2, 0.25) is 0 Å². The smallest absolute Gasteiger partial charge is 0.0978 e. The van der Waals surface area contributed by atoms with Gasteiger partial charge in [0.05, 0.1) is 12.0 Å². The van der Waals surface area contributed by atoms with E-state index in [-0.39, 0.29) is 0 Å². The number of imidazole rings is 1. The molecule has 2 nitrogen and oxygen atoms in total. The van der Waals surface area contributed by atoms with E-state index in [2.05, 4.69) is 32.0 Å². The highest BCUT2D eigenvalue weighted by atomic mass is 79.9. The molecule has 0 amide bonds. The molecule has 0 fully saturated rings. The van der Waals surface area contributed by atoms with Crippen molar-refractivity contribution in [3.8, 4) is 0 Å². The fraction of sp³-hybridized carbons (Fsp3) is 0.286. The Labute approximate surface area is 67.5 Å². The molecule has 0 bridgehead atoms. The first kappa shape index (κ1) is 6.16. The number of fused-ring (bicyclic) bond motifs is 1. The molecule has 0 radical (unpaired) electrons. The quantitative estimate of drug-likeness (QED) is 0.680. The summed E-state index contributed by atoms with van der Waals surface area (Å²) in [5.41, 5.74) is 2.32. The van der Waals surface area contributed by atoms with Crippen molar-refractivity contribution in [2.45, 2.75) is 12.8 Å². The number of aromatic amines is 1. The summed E-state index contributed by atoms with van der Waals surface area (Å²) in [6, 6.07) is 0. The minimum Gasteiger partial charge on any atom is -0.348 e. The maximum absolute atomic E-state index is 4.17. The van der Waals surface area contributed by atoms with Crippen molar-refractivity contribution in [1.29, 1.82) is 0 Å². The third-order valence-corrected chi connectivity index (χ3v) is 2.36. The van der Waals surface area contributed by atoms with E-state index in [1.807, 2.05) is 0 Å². The molecule has 0 saturated carbocycles. The lowest BCUT2D eigenvalue weighted by Crippen LogP contribution is -1.94. The van der Waals surface area contributed by atoms with Gasteiger partial charge in [-0.3, -0.25) is 0 Å². The van der Waals surface area contributed by atoms with E-state index in [4.69, 9.17) is 0 Å². The molecular weight excluding hydrogens is 192 g/mol. The van der Waals surface area contributed by atoms with Gasteiger partial charge in [-0.2, -0.15) is 0 Å². The molecule has 1 aromatic rings. The lowest BCUT2D eigenvalue weighted by Gasteiger charge is -2.05. The Morgan fingerprint density at radius 1 is 1.60 bits per heavy atom. The highest BCUT2D eigenvalue weighted by Gasteiger charge is 2.11. The lowest BCUT2D eigenvalue weighted by atomic mass is 10.1. The summed E-state index contributed by atoms with van der Waals surface area (Å²) in [6.45, 7) is 0. The maximum Gasteiger partial charge on any atom is 0.0978 e. The minimum atomic E-state index is 1.08. The molecule has 1 heterocycles. The van der Waals surface area contributed by atoms with Crippen molar-refractivity contribution >= 4 is 20.4 Å². The van der Waals surface area contributed by atoms with Crippen LogP contribution in [0.3, 0.4) is 0 Å². The number of nitrogens with one attached hydrogen (secondary N) is 1. The predicted octanol–water partition coefficient (Wildman–Crippen LogP) is 2.09. The molecule has 1 aliphatic carbocycles. The summed E-state index contributed by atoms with van der Waals surface area (Å²) in [5, 5.41) is 0. The Morgan fingerprint density at radius 3 is 3.30 bits per heavy atom. The zero-order valence-electron chi connectivity index (χ0n) is 5.39. The van der Waals surface area contributed by atoms with Crippen molar-refractivity contribution in [2.24, 2.45) is 0 Å². The van der Waals surface area contributed by atoms with Crippen LogP contribution in [-0.2, 0) is 6.42 Å². The van der Waals surface area contributed by atoms with Crippen LogP contribution in [-0.4, -0.2) is 9.97 Å². The highest BCUT2D eigenvalue weighted by molar-refractivity contribution is 9.15. The predicted molar refractivity (Wildman–Crippen MR) is 43.8 cm³/mol. The second kappa shape index (κ2) is 2.23. The van der Waals surface area contributed by atoms with Gasteiger partial charge < -0.3 is 4.98 Å². The summed E-state index contributed by atoms with van der Waals surface area (Å²) >= 11 is 3.44. The Hall–Kier alpha value is -0.570. The van der Waals surface area contributed by atoms with E-state index < -0.39 is 0 Å². The second-order valence-electron chi connectivity index (χ2n) is 2.32. The van der Waals surface area contributed by atoms with Crippen LogP contribution in [0, 0.1) is 0 Å². The SMILES string of the molecule is BrC1=CCCc2[nH]cnc21. The van der Waals surface area contributed by atoms with Crippen LogP contribution < -0.4 is 0 Å². The van der Waals surface area contributed by atoms with Gasteiger partial charge in [-0.25, -0.2) is 4.98 Å². The first-order valence-corrected chi connectivity index (χ1v) is 4.05. The molecule has 1 aromatic heterocycles. The molecule has 0 spiro atoms. The molecule has 0 unspecified atom stereocenters. The summed E-state index contributed by atoms with van der Waals surface area (Å²) in [5.74, 6) is 0. The fourth-order valence-electron chi connectivity index (χ4n) is 1.16. The van der Waals surface area contributed by atoms with Gasteiger partial charge in [-0.1, -0.05) is 6.08 Å². The van der Waals surface area contributed by atoms with E-state index >= 15 is 0 Å². The van der Waals surface area contributed by atoms with E-state index in [1.165, 1.54) is 5.69 Å². The third-order valence-electron chi connectivity index (χ3n) is 1.66. The molecule has 0 atom stereocenters.